The lowest BCUT2D eigenvalue weighted by Crippen LogP contribution is -2.34. The fourth-order valence-electron chi connectivity index (χ4n) is 3.42. The van der Waals surface area contributed by atoms with Crippen molar-refractivity contribution in [3.63, 3.8) is 0 Å². The number of unbranched alkanes of at least 4 members (excludes halogenated alkanes) is 6. The molecule has 0 unspecified atom stereocenters. The highest BCUT2D eigenvalue weighted by molar-refractivity contribution is 5.91. The number of nitrogens with one attached hydrogen (secondary N) is 2. The van der Waals surface area contributed by atoms with E-state index in [1.807, 2.05) is 6.92 Å². The molecule has 0 saturated heterocycles. The summed E-state index contributed by atoms with van der Waals surface area (Å²) in [5.41, 5.74) is 3.52. The summed E-state index contributed by atoms with van der Waals surface area (Å²) in [5, 5.41) is 6.52. The van der Waals surface area contributed by atoms with Gasteiger partial charge >= 0.3 is 5.97 Å². The Balaban J connectivity index is 1.65. The fraction of sp³-hybridized carbons (Fsp3) is 0.448. The second-order valence-electron chi connectivity index (χ2n) is 8.77. The number of ether oxygens (including phenoxy) is 2. The van der Waals surface area contributed by atoms with Crippen LogP contribution in [-0.2, 0) is 9.59 Å². The molecule has 0 aliphatic carbocycles. The van der Waals surface area contributed by atoms with E-state index in [1.54, 1.807) is 48.5 Å². The van der Waals surface area contributed by atoms with Crippen LogP contribution in [0.1, 0.15) is 87.6 Å². The number of hydrazone groups is 1. The highest BCUT2D eigenvalue weighted by Crippen LogP contribution is 2.16. The summed E-state index contributed by atoms with van der Waals surface area (Å²) in [5.74, 6) is 0.102. The fourth-order valence-corrected chi connectivity index (χ4v) is 3.42. The van der Waals surface area contributed by atoms with Crippen molar-refractivity contribution in [2.24, 2.45) is 5.10 Å². The highest BCUT2D eigenvalue weighted by atomic mass is 16.5. The van der Waals surface area contributed by atoms with Crippen molar-refractivity contribution in [1.82, 2.24) is 10.7 Å². The Morgan fingerprint density at radius 1 is 0.784 bits per heavy atom. The lowest BCUT2D eigenvalue weighted by Gasteiger charge is -2.07. The monoisotopic (exact) mass is 509 g/mol. The normalized spacial score (nSPS) is 10.8. The second-order valence-corrected chi connectivity index (χ2v) is 8.77. The zero-order valence-corrected chi connectivity index (χ0v) is 22.0. The third kappa shape index (κ3) is 12.7. The first-order chi connectivity index (χ1) is 18.0. The minimum Gasteiger partial charge on any atom is -0.494 e. The van der Waals surface area contributed by atoms with E-state index in [1.165, 1.54) is 31.9 Å². The lowest BCUT2D eigenvalue weighted by atomic mass is 10.1. The van der Waals surface area contributed by atoms with Crippen LogP contribution in [0, 0.1) is 0 Å². The molecule has 2 amide bonds. The Bertz CT molecular complexity index is 988. The van der Waals surface area contributed by atoms with Gasteiger partial charge in [-0.15, -0.1) is 0 Å². The van der Waals surface area contributed by atoms with Crippen molar-refractivity contribution < 1.29 is 23.9 Å². The molecule has 200 valence electrons. The molecule has 2 aromatic carbocycles. The van der Waals surface area contributed by atoms with Crippen molar-refractivity contribution >= 4 is 24.0 Å². The highest BCUT2D eigenvalue weighted by Gasteiger charge is 2.09. The standard InChI is InChI=1S/C29H39N3O5/c1-3-5-6-7-8-9-10-11-27(33)30-22-28(34)32-31-21-23-12-16-26(17-13-23)37-29(35)24-14-18-25(19-15-24)36-20-4-2/h12-19,21H,3-11,20,22H2,1-2H3,(H,30,33)(H,32,34)/b31-21-. The van der Waals surface area contributed by atoms with Gasteiger partial charge in [0.25, 0.3) is 5.91 Å². The van der Waals surface area contributed by atoms with E-state index in [-0.39, 0.29) is 12.5 Å². The molecule has 0 aromatic heterocycles. The number of carbonyl (C=O) groups is 3. The molecule has 8 heteroatoms. The molecule has 2 aromatic rings. The summed E-state index contributed by atoms with van der Waals surface area (Å²) >= 11 is 0. The maximum atomic E-state index is 12.3. The maximum absolute atomic E-state index is 12.3. The summed E-state index contributed by atoms with van der Waals surface area (Å²) in [6, 6.07) is 13.5. The largest absolute Gasteiger partial charge is 0.494 e. The molecule has 0 aliphatic heterocycles. The molecule has 2 rings (SSSR count). The predicted molar refractivity (Wildman–Crippen MR) is 145 cm³/mol. The number of rotatable bonds is 17. The second kappa shape index (κ2) is 17.7. The van der Waals surface area contributed by atoms with Gasteiger partial charge in [-0.1, -0.05) is 52.4 Å². The summed E-state index contributed by atoms with van der Waals surface area (Å²) in [4.78, 5) is 36.1. The van der Waals surface area contributed by atoms with Gasteiger partial charge in [-0.05, 0) is 66.9 Å². The zero-order chi connectivity index (χ0) is 26.7. The van der Waals surface area contributed by atoms with Crippen LogP contribution in [0.2, 0.25) is 0 Å². The molecule has 0 heterocycles. The number of esters is 1. The van der Waals surface area contributed by atoms with Gasteiger partial charge in [0.05, 0.1) is 24.9 Å². The molecule has 0 atom stereocenters. The predicted octanol–water partition coefficient (Wildman–Crippen LogP) is 5.40. The average Bonchev–Trinajstić information content (AvgIpc) is 2.91. The van der Waals surface area contributed by atoms with E-state index < -0.39 is 11.9 Å². The van der Waals surface area contributed by atoms with Gasteiger partial charge in [-0.3, -0.25) is 9.59 Å². The van der Waals surface area contributed by atoms with E-state index >= 15 is 0 Å². The van der Waals surface area contributed by atoms with Gasteiger partial charge in [0.1, 0.15) is 11.5 Å². The molecule has 0 fully saturated rings. The molecule has 8 nitrogen and oxygen atoms in total. The minimum absolute atomic E-state index is 0.118. The Hall–Kier alpha value is -3.68. The maximum Gasteiger partial charge on any atom is 0.343 e. The van der Waals surface area contributed by atoms with Crippen LogP contribution in [-0.4, -0.2) is 37.1 Å². The van der Waals surface area contributed by atoms with E-state index in [0.29, 0.717) is 35.7 Å². The van der Waals surface area contributed by atoms with Gasteiger partial charge < -0.3 is 14.8 Å². The molecule has 0 saturated carbocycles. The zero-order valence-electron chi connectivity index (χ0n) is 22.0. The van der Waals surface area contributed by atoms with Crippen LogP contribution in [0.5, 0.6) is 11.5 Å². The Kier molecular flexibility index (Phi) is 14.1. The van der Waals surface area contributed by atoms with E-state index in [9.17, 15) is 14.4 Å². The van der Waals surface area contributed by atoms with Crippen molar-refractivity contribution in [1.29, 1.82) is 0 Å². The number of hydrogen-bond acceptors (Lipinski definition) is 6. The van der Waals surface area contributed by atoms with Crippen molar-refractivity contribution in [2.75, 3.05) is 13.2 Å². The quantitative estimate of drug-likeness (QED) is 0.0976. The van der Waals surface area contributed by atoms with Crippen LogP contribution in [0.15, 0.2) is 53.6 Å². The Morgan fingerprint density at radius 2 is 1.43 bits per heavy atom. The van der Waals surface area contributed by atoms with Crippen molar-refractivity contribution in [3.8, 4) is 11.5 Å². The van der Waals surface area contributed by atoms with E-state index in [2.05, 4.69) is 22.8 Å². The molecule has 2 N–H and O–H groups in total. The number of hydrogen-bond donors (Lipinski definition) is 2. The Morgan fingerprint density at radius 3 is 2.11 bits per heavy atom. The molecule has 0 spiro atoms. The van der Waals surface area contributed by atoms with Crippen LogP contribution in [0.3, 0.4) is 0 Å². The molecular formula is C29H39N3O5. The van der Waals surface area contributed by atoms with Crippen LogP contribution >= 0.6 is 0 Å². The first-order valence-electron chi connectivity index (χ1n) is 13.2. The number of amides is 2. The molecule has 37 heavy (non-hydrogen) atoms. The SMILES string of the molecule is CCCCCCCCCC(=O)NCC(=O)N/N=C\c1ccc(OC(=O)c2ccc(OCCC)cc2)cc1. The van der Waals surface area contributed by atoms with Crippen molar-refractivity contribution in [3.05, 3.63) is 59.7 Å². The Labute approximate surface area is 219 Å². The first kappa shape index (κ1) is 29.5. The van der Waals surface area contributed by atoms with E-state index in [4.69, 9.17) is 9.47 Å². The molecule has 0 bridgehead atoms. The minimum atomic E-state index is -0.468. The van der Waals surface area contributed by atoms with Gasteiger partial charge in [0, 0.05) is 6.42 Å². The van der Waals surface area contributed by atoms with Crippen LogP contribution < -0.4 is 20.2 Å². The number of carbonyl (C=O) groups excluding carboxylic acids is 3. The van der Waals surface area contributed by atoms with Gasteiger partial charge in [-0.25, -0.2) is 10.2 Å². The smallest absolute Gasteiger partial charge is 0.343 e. The first-order valence-corrected chi connectivity index (χ1v) is 13.2. The van der Waals surface area contributed by atoms with Crippen LogP contribution in [0.4, 0.5) is 0 Å². The molecule has 0 aliphatic rings. The van der Waals surface area contributed by atoms with Gasteiger partial charge in [0.2, 0.25) is 5.91 Å². The average molecular weight is 510 g/mol. The summed E-state index contributed by atoms with van der Waals surface area (Å²) in [6.07, 6.45) is 10.8. The van der Waals surface area contributed by atoms with Gasteiger partial charge in [0.15, 0.2) is 0 Å². The summed E-state index contributed by atoms with van der Waals surface area (Å²) in [6.45, 7) is 4.72. The third-order valence-electron chi connectivity index (χ3n) is 5.51. The third-order valence-corrected chi connectivity index (χ3v) is 5.51. The lowest BCUT2D eigenvalue weighted by molar-refractivity contribution is -0.126. The molecule has 0 radical (unpaired) electrons. The number of benzene rings is 2. The van der Waals surface area contributed by atoms with Crippen molar-refractivity contribution in [2.45, 2.75) is 71.6 Å². The molecular weight excluding hydrogens is 470 g/mol. The van der Waals surface area contributed by atoms with E-state index in [0.717, 1.165) is 25.7 Å². The number of nitrogens with zero attached hydrogens (tertiary/aromatic N) is 1. The summed E-state index contributed by atoms with van der Waals surface area (Å²) in [7, 11) is 0. The summed E-state index contributed by atoms with van der Waals surface area (Å²) < 4.78 is 10.9. The van der Waals surface area contributed by atoms with Crippen LogP contribution in [0.25, 0.3) is 0 Å². The topological polar surface area (TPSA) is 106 Å². The van der Waals surface area contributed by atoms with Gasteiger partial charge in [-0.2, -0.15) is 5.10 Å².